The minimum atomic E-state index is 0.0257. The Balaban J connectivity index is 1.86. The van der Waals surface area contributed by atoms with Crippen molar-refractivity contribution in [1.82, 2.24) is 14.8 Å². The van der Waals surface area contributed by atoms with Crippen LogP contribution in [0.5, 0.6) is 0 Å². The number of hydrogen-bond donors (Lipinski definition) is 1. The van der Waals surface area contributed by atoms with Crippen LogP contribution in [0.25, 0.3) is 22.4 Å². The average molecular weight is 319 g/mol. The number of hydrogen-bond acceptors (Lipinski definition) is 4. The smallest absolute Gasteiger partial charge is 0.163 e. The molecule has 2 heterocycles. The van der Waals surface area contributed by atoms with Gasteiger partial charge in [0.15, 0.2) is 5.78 Å². The number of fused-ring (bicyclic) bond motifs is 1. The summed E-state index contributed by atoms with van der Waals surface area (Å²) in [5, 5.41) is 13.8. The van der Waals surface area contributed by atoms with Crippen molar-refractivity contribution in [2.45, 2.75) is 19.4 Å². The zero-order chi connectivity index (χ0) is 16.5. The molecule has 120 valence electrons. The van der Waals surface area contributed by atoms with Crippen molar-refractivity contribution in [3.8, 4) is 22.4 Å². The van der Waals surface area contributed by atoms with Gasteiger partial charge in [-0.15, -0.1) is 0 Å². The van der Waals surface area contributed by atoms with Gasteiger partial charge in [-0.1, -0.05) is 18.2 Å². The number of carbonyl (C=O) groups is 1. The van der Waals surface area contributed by atoms with Gasteiger partial charge in [0.05, 0.1) is 25.0 Å². The molecule has 2 aromatic heterocycles. The van der Waals surface area contributed by atoms with Crippen molar-refractivity contribution in [2.75, 3.05) is 6.61 Å². The quantitative estimate of drug-likeness (QED) is 0.803. The molecule has 0 saturated carbocycles. The van der Waals surface area contributed by atoms with Crippen molar-refractivity contribution in [2.24, 2.45) is 0 Å². The van der Waals surface area contributed by atoms with Gasteiger partial charge in [0, 0.05) is 35.5 Å². The summed E-state index contributed by atoms with van der Waals surface area (Å²) in [7, 11) is 0. The van der Waals surface area contributed by atoms with E-state index in [1.807, 2.05) is 35.1 Å². The molecule has 1 aliphatic rings. The van der Waals surface area contributed by atoms with Crippen LogP contribution in [0, 0.1) is 0 Å². The molecule has 1 N–H and O–H groups in total. The lowest BCUT2D eigenvalue weighted by atomic mass is 9.98. The first-order valence-corrected chi connectivity index (χ1v) is 8.01. The zero-order valence-electron chi connectivity index (χ0n) is 13.1. The molecule has 0 aliphatic heterocycles. The zero-order valence-corrected chi connectivity index (χ0v) is 13.1. The van der Waals surface area contributed by atoms with Gasteiger partial charge in [0.1, 0.15) is 0 Å². The maximum atomic E-state index is 11.8. The van der Waals surface area contributed by atoms with E-state index in [2.05, 4.69) is 16.1 Å². The summed E-state index contributed by atoms with van der Waals surface area (Å²) < 4.78 is 1.81. The number of aromatic nitrogens is 3. The van der Waals surface area contributed by atoms with Crippen LogP contribution in [0.4, 0.5) is 0 Å². The molecule has 0 unspecified atom stereocenters. The molecule has 0 amide bonds. The number of Topliss-reactive ketones (excluding diaryl/α,β-unsaturated/α-hetero) is 1. The maximum Gasteiger partial charge on any atom is 0.163 e. The van der Waals surface area contributed by atoms with Crippen molar-refractivity contribution in [1.29, 1.82) is 0 Å². The third kappa shape index (κ3) is 2.43. The number of aryl methyl sites for hydroxylation is 1. The van der Waals surface area contributed by atoms with Crippen LogP contribution in [-0.2, 0) is 13.0 Å². The second-order valence-corrected chi connectivity index (χ2v) is 5.88. The van der Waals surface area contributed by atoms with Gasteiger partial charge in [-0.3, -0.25) is 14.5 Å². The molecule has 5 heteroatoms. The topological polar surface area (TPSA) is 68.0 Å². The summed E-state index contributed by atoms with van der Waals surface area (Å²) in [6.45, 7) is 0.457. The number of rotatable bonds is 4. The van der Waals surface area contributed by atoms with Gasteiger partial charge >= 0.3 is 0 Å². The van der Waals surface area contributed by atoms with E-state index in [1.165, 1.54) is 0 Å². The summed E-state index contributed by atoms with van der Waals surface area (Å²) in [6, 6.07) is 9.86. The van der Waals surface area contributed by atoms with Crippen LogP contribution in [0.3, 0.4) is 0 Å². The van der Waals surface area contributed by atoms with E-state index in [1.54, 1.807) is 12.4 Å². The van der Waals surface area contributed by atoms with E-state index < -0.39 is 0 Å². The van der Waals surface area contributed by atoms with Crippen LogP contribution in [-0.4, -0.2) is 32.3 Å². The minimum Gasteiger partial charge on any atom is -0.394 e. The van der Waals surface area contributed by atoms with Crippen molar-refractivity contribution >= 4 is 5.78 Å². The Bertz CT molecular complexity index is 900. The van der Waals surface area contributed by atoms with E-state index in [-0.39, 0.29) is 12.4 Å². The number of carbonyl (C=O) groups excluding carboxylic acids is 1. The number of aliphatic hydroxyl groups is 1. The van der Waals surface area contributed by atoms with E-state index in [9.17, 15) is 9.90 Å². The molecule has 0 saturated heterocycles. The molecule has 5 nitrogen and oxygen atoms in total. The maximum absolute atomic E-state index is 11.8. The number of pyridine rings is 1. The average Bonchev–Trinajstić information content (AvgIpc) is 3.20. The predicted molar refractivity (Wildman–Crippen MR) is 90.6 cm³/mol. The Morgan fingerprint density at radius 3 is 2.67 bits per heavy atom. The molecule has 0 bridgehead atoms. The van der Waals surface area contributed by atoms with Gasteiger partial charge in [-0.2, -0.15) is 5.10 Å². The summed E-state index contributed by atoms with van der Waals surface area (Å²) in [4.78, 5) is 15.9. The molecule has 0 atom stereocenters. The third-order valence-electron chi connectivity index (χ3n) is 4.44. The lowest BCUT2D eigenvalue weighted by molar-refractivity contribution is 0.0994. The Hall–Kier alpha value is -2.79. The van der Waals surface area contributed by atoms with Gasteiger partial charge in [-0.25, -0.2) is 0 Å². The molecule has 0 radical (unpaired) electrons. The standard InChI is InChI=1S/C19H17N3O2/c23-10-9-22-19(13-5-7-20-8-6-13)17(12-21-22)15-1-3-16-14(11-15)2-4-18(16)24/h1,3,5-8,11-12,23H,2,4,9-10H2. The second-order valence-electron chi connectivity index (χ2n) is 5.88. The number of ketones is 1. The van der Waals surface area contributed by atoms with E-state index >= 15 is 0 Å². The van der Waals surface area contributed by atoms with Gasteiger partial charge in [0.25, 0.3) is 0 Å². The van der Waals surface area contributed by atoms with Crippen LogP contribution in [0.2, 0.25) is 0 Å². The van der Waals surface area contributed by atoms with Crippen LogP contribution >= 0.6 is 0 Å². The first-order chi connectivity index (χ1) is 11.8. The fourth-order valence-electron chi connectivity index (χ4n) is 3.30. The summed E-state index contributed by atoms with van der Waals surface area (Å²) in [5.74, 6) is 0.224. The van der Waals surface area contributed by atoms with Crippen LogP contribution in [0.1, 0.15) is 22.3 Å². The molecule has 4 rings (SSSR count). The minimum absolute atomic E-state index is 0.0257. The van der Waals surface area contributed by atoms with Gasteiger partial charge in [0.2, 0.25) is 0 Å². The Morgan fingerprint density at radius 1 is 1.04 bits per heavy atom. The molecule has 1 aliphatic carbocycles. The van der Waals surface area contributed by atoms with Crippen molar-refractivity contribution in [3.63, 3.8) is 0 Å². The van der Waals surface area contributed by atoms with Crippen molar-refractivity contribution in [3.05, 3.63) is 60.0 Å². The monoisotopic (exact) mass is 319 g/mol. The van der Waals surface area contributed by atoms with E-state index in [0.29, 0.717) is 13.0 Å². The fraction of sp³-hybridized carbons (Fsp3) is 0.211. The molecule has 24 heavy (non-hydrogen) atoms. The highest BCUT2D eigenvalue weighted by Crippen LogP contribution is 2.34. The largest absolute Gasteiger partial charge is 0.394 e. The highest BCUT2D eigenvalue weighted by atomic mass is 16.3. The van der Waals surface area contributed by atoms with E-state index in [0.717, 1.165) is 39.9 Å². The fourth-order valence-corrected chi connectivity index (χ4v) is 3.30. The third-order valence-corrected chi connectivity index (χ3v) is 4.44. The van der Waals surface area contributed by atoms with Crippen LogP contribution < -0.4 is 0 Å². The highest BCUT2D eigenvalue weighted by Gasteiger charge is 2.21. The first kappa shape index (κ1) is 14.8. The molecule has 3 aromatic rings. The first-order valence-electron chi connectivity index (χ1n) is 8.01. The Labute approximate surface area is 139 Å². The molecule has 1 aromatic carbocycles. The highest BCUT2D eigenvalue weighted by molar-refractivity contribution is 6.01. The van der Waals surface area contributed by atoms with E-state index in [4.69, 9.17) is 0 Å². The normalized spacial score (nSPS) is 13.3. The second kappa shape index (κ2) is 6.02. The SMILES string of the molecule is O=C1CCc2cc(-c3cnn(CCO)c3-c3ccncc3)ccc21. The number of benzene rings is 1. The van der Waals surface area contributed by atoms with Crippen LogP contribution in [0.15, 0.2) is 48.9 Å². The lowest BCUT2D eigenvalue weighted by Crippen LogP contribution is -2.05. The summed E-state index contributed by atoms with van der Waals surface area (Å²) in [6.07, 6.45) is 6.72. The lowest BCUT2D eigenvalue weighted by Gasteiger charge is -2.10. The Morgan fingerprint density at radius 2 is 1.88 bits per heavy atom. The predicted octanol–water partition coefficient (Wildman–Crippen LogP) is 2.73. The molecule has 0 fully saturated rings. The summed E-state index contributed by atoms with van der Waals surface area (Å²) in [5.41, 5.74) is 5.94. The van der Waals surface area contributed by atoms with Gasteiger partial charge < -0.3 is 5.11 Å². The molecular weight excluding hydrogens is 302 g/mol. The molecule has 0 spiro atoms. The number of aliphatic hydroxyl groups excluding tert-OH is 1. The molecular formula is C19H17N3O2. The van der Waals surface area contributed by atoms with Gasteiger partial charge in [-0.05, 0) is 29.7 Å². The number of nitrogens with zero attached hydrogens (tertiary/aromatic N) is 3. The van der Waals surface area contributed by atoms with Crippen molar-refractivity contribution < 1.29 is 9.90 Å². The summed E-state index contributed by atoms with van der Waals surface area (Å²) >= 11 is 0. The Kier molecular flexibility index (Phi) is 3.70.